The molecule has 2 aliphatic heterocycles. The number of hydrogen-bond acceptors (Lipinski definition) is 7. The fraction of sp³-hybridized carbons (Fsp3) is 0.452. The zero-order valence-corrected chi connectivity index (χ0v) is 22.9. The number of fused-ring (bicyclic) bond motifs is 1. The van der Waals surface area contributed by atoms with Crippen molar-refractivity contribution < 1.29 is 14.3 Å². The van der Waals surface area contributed by atoms with E-state index < -0.39 is 11.6 Å². The van der Waals surface area contributed by atoms with Crippen LogP contribution in [0.3, 0.4) is 0 Å². The molecule has 0 spiro atoms. The van der Waals surface area contributed by atoms with Crippen LogP contribution in [-0.4, -0.2) is 41.2 Å². The molecule has 1 N–H and O–H groups in total. The highest BCUT2D eigenvalue weighted by atomic mass is 16.6. The minimum Gasteiger partial charge on any atom is -0.484 e. The molecule has 38 heavy (non-hydrogen) atoms. The van der Waals surface area contributed by atoms with Crippen molar-refractivity contribution in [1.82, 2.24) is 9.97 Å². The summed E-state index contributed by atoms with van der Waals surface area (Å²) in [6, 6.07) is 16.6. The minimum atomic E-state index is -0.632. The Bertz CT molecular complexity index is 1280. The van der Waals surface area contributed by atoms with E-state index in [0.717, 1.165) is 50.9 Å². The predicted molar refractivity (Wildman–Crippen MR) is 150 cm³/mol. The van der Waals surface area contributed by atoms with Gasteiger partial charge in [-0.05, 0) is 82.2 Å². The summed E-state index contributed by atoms with van der Waals surface area (Å²) in [5.74, 6) is 1.06. The van der Waals surface area contributed by atoms with Gasteiger partial charge in [0.1, 0.15) is 18.0 Å². The molecular weight excluding hydrogens is 476 g/mol. The molecule has 2 aromatic carbocycles. The van der Waals surface area contributed by atoms with E-state index in [4.69, 9.17) is 19.4 Å². The highest BCUT2D eigenvalue weighted by Gasteiger charge is 2.27. The van der Waals surface area contributed by atoms with Gasteiger partial charge in [-0.15, -0.1) is 0 Å². The number of esters is 1. The third kappa shape index (κ3) is 6.26. The molecule has 3 heterocycles. The molecule has 200 valence electrons. The Morgan fingerprint density at radius 2 is 1.84 bits per heavy atom. The van der Waals surface area contributed by atoms with Crippen molar-refractivity contribution in [2.24, 2.45) is 5.92 Å². The minimum absolute atomic E-state index is 0.211. The lowest BCUT2D eigenvalue weighted by Gasteiger charge is -2.33. The summed E-state index contributed by atoms with van der Waals surface area (Å²) >= 11 is 0. The van der Waals surface area contributed by atoms with Crippen LogP contribution in [0.15, 0.2) is 48.5 Å². The number of ether oxygens (including phenoxy) is 2. The highest BCUT2D eigenvalue weighted by molar-refractivity contribution is 5.91. The molecular formula is C31H38N4O3. The van der Waals surface area contributed by atoms with Gasteiger partial charge in [-0.3, -0.25) is 0 Å². The maximum absolute atomic E-state index is 13.2. The molecule has 0 aliphatic carbocycles. The van der Waals surface area contributed by atoms with Gasteiger partial charge < -0.3 is 19.7 Å². The quantitative estimate of drug-likeness (QED) is 0.403. The number of nitrogens with zero attached hydrogens (tertiary/aromatic N) is 3. The molecule has 0 saturated carbocycles. The van der Waals surface area contributed by atoms with E-state index in [2.05, 4.69) is 28.4 Å². The standard InChI is InChI=1S/C31H38N4O3/c1-21-29(37-20-23-8-6-5-7-9-23)28(30(36)38-31(2,3)4)34-27(33-21)18-22-13-16-35(17-14-22)25-10-11-26-24(19-25)12-15-32-26/h5-11,19,22,32H,12-18,20H2,1-4H3. The molecule has 5 rings (SSSR count). The third-order valence-corrected chi connectivity index (χ3v) is 7.15. The second kappa shape index (κ2) is 11.0. The Morgan fingerprint density at radius 3 is 2.58 bits per heavy atom. The van der Waals surface area contributed by atoms with Gasteiger partial charge in [0.2, 0.25) is 0 Å². The van der Waals surface area contributed by atoms with Crippen LogP contribution >= 0.6 is 0 Å². The normalized spacial score (nSPS) is 15.6. The molecule has 3 aromatic rings. The van der Waals surface area contributed by atoms with Gasteiger partial charge in [0.05, 0.1) is 5.69 Å². The number of hydrogen-bond donors (Lipinski definition) is 1. The molecule has 0 unspecified atom stereocenters. The Hall–Kier alpha value is -3.61. The Morgan fingerprint density at radius 1 is 1.08 bits per heavy atom. The van der Waals surface area contributed by atoms with Gasteiger partial charge in [0, 0.05) is 37.4 Å². The summed E-state index contributed by atoms with van der Waals surface area (Å²) in [6.45, 7) is 10.8. The number of piperidine rings is 1. The van der Waals surface area contributed by atoms with E-state index in [1.165, 1.54) is 16.9 Å². The topological polar surface area (TPSA) is 76.6 Å². The van der Waals surface area contributed by atoms with Crippen LogP contribution in [0.25, 0.3) is 0 Å². The predicted octanol–water partition coefficient (Wildman–Crippen LogP) is 5.75. The number of aromatic nitrogens is 2. The van der Waals surface area contributed by atoms with Crippen LogP contribution in [-0.2, 0) is 24.2 Å². The van der Waals surface area contributed by atoms with Crippen LogP contribution in [0.2, 0.25) is 0 Å². The molecule has 2 aliphatic rings. The van der Waals surface area contributed by atoms with Crippen molar-refractivity contribution >= 4 is 17.3 Å². The molecule has 7 heteroatoms. The number of aryl methyl sites for hydroxylation is 1. The first kappa shape index (κ1) is 26.0. The maximum atomic E-state index is 13.2. The smallest absolute Gasteiger partial charge is 0.361 e. The molecule has 1 aromatic heterocycles. The summed E-state index contributed by atoms with van der Waals surface area (Å²) in [6.07, 6.45) is 3.95. The lowest BCUT2D eigenvalue weighted by molar-refractivity contribution is 0.00572. The summed E-state index contributed by atoms with van der Waals surface area (Å²) in [4.78, 5) is 25.1. The summed E-state index contributed by atoms with van der Waals surface area (Å²) in [5.41, 5.74) is 5.25. The maximum Gasteiger partial charge on any atom is 0.361 e. The first-order chi connectivity index (χ1) is 18.2. The second-order valence-electron chi connectivity index (χ2n) is 11.3. The lowest BCUT2D eigenvalue weighted by Crippen LogP contribution is -2.34. The Labute approximate surface area is 225 Å². The van der Waals surface area contributed by atoms with E-state index in [9.17, 15) is 4.79 Å². The van der Waals surface area contributed by atoms with Gasteiger partial charge in [-0.25, -0.2) is 14.8 Å². The largest absolute Gasteiger partial charge is 0.484 e. The zero-order valence-electron chi connectivity index (χ0n) is 22.9. The van der Waals surface area contributed by atoms with Gasteiger partial charge in [-0.1, -0.05) is 30.3 Å². The average molecular weight is 515 g/mol. The van der Waals surface area contributed by atoms with E-state index in [0.29, 0.717) is 29.8 Å². The molecule has 7 nitrogen and oxygen atoms in total. The molecule has 1 fully saturated rings. The zero-order chi connectivity index (χ0) is 26.7. The highest BCUT2D eigenvalue weighted by Crippen LogP contribution is 2.31. The molecule has 1 saturated heterocycles. The van der Waals surface area contributed by atoms with Crippen molar-refractivity contribution in [3.8, 4) is 5.75 Å². The van der Waals surface area contributed by atoms with Gasteiger partial charge in [-0.2, -0.15) is 0 Å². The van der Waals surface area contributed by atoms with Crippen LogP contribution in [0.5, 0.6) is 5.75 Å². The Balaban J connectivity index is 1.29. The molecule has 0 atom stereocenters. The first-order valence-corrected chi connectivity index (χ1v) is 13.6. The van der Waals surface area contributed by atoms with Gasteiger partial charge in [0.25, 0.3) is 0 Å². The van der Waals surface area contributed by atoms with E-state index in [1.807, 2.05) is 58.0 Å². The van der Waals surface area contributed by atoms with Crippen LogP contribution in [0.4, 0.5) is 11.4 Å². The number of rotatable bonds is 7. The van der Waals surface area contributed by atoms with Crippen molar-refractivity contribution in [3.05, 3.63) is 76.9 Å². The summed E-state index contributed by atoms with van der Waals surface area (Å²) in [5, 5.41) is 3.44. The first-order valence-electron chi connectivity index (χ1n) is 13.6. The second-order valence-corrected chi connectivity index (χ2v) is 11.3. The van der Waals surface area contributed by atoms with Crippen molar-refractivity contribution in [1.29, 1.82) is 0 Å². The van der Waals surface area contributed by atoms with E-state index in [-0.39, 0.29) is 5.69 Å². The van der Waals surface area contributed by atoms with Crippen LogP contribution < -0.4 is 15.0 Å². The van der Waals surface area contributed by atoms with Crippen LogP contribution in [0.1, 0.15) is 66.7 Å². The fourth-order valence-electron chi connectivity index (χ4n) is 5.22. The van der Waals surface area contributed by atoms with Crippen molar-refractivity contribution in [3.63, 3.8) is 0 Å². The number of carbonyl (C=O) groups excluding carboxylic acids is 1. The fourth-order valence-corrected chi connectivity index (χ4v) is 5.22. The average Bonchev–Trinajstić information content (AvgIpc) is 3.36. The number of carbonyl (C=O) groups is 1. The molecule has 0 amide bonds. The van der Waals surface area contributed by atoms with Gasteiger partial charge >= 0.3 is 5.97 Å². The lowest BCUT2D eigenvalue weighted by atomic mass is 9.92. The monoisotopic (exact) mass is 514 g/mol. The Kier molecular flexibility index (Phi) is 7.54. The number of nitrogens with one attached hydrogen (secondary N) is 1. The summed E-state index contributed by atoms with van der Waals surface area (Å²) in [7, 11) is 0. The van der Waals surface area contributed by atoms with E-state index >= 15 is 0 Å². The molecule has 0 radical (unpaired) electrons. The molecule has 0 bridgehead atoms. The number of benzene rings is 2. The number of anilines is 2. The SMILES string of the molecule is Cc1nc(CC2CCN(c3ccc4c(c3)CCN4)CC2)nc(C(=O)OC(C)(C)C)c1OCc1ccccc1. The van der Waals surface area contributed by atoms with Crippen molar-refractivity contribution in [2.75, 3.05) is 29.9 Å². The van der Waals surface area contributed by atoms with E-state index in [1.54, 1.807) is 0 Å². The van der Waals surface area contributed by atoms with Crippen molar-refractivity contribution in [2.45, 2.75) is 65.6 Å². The van der Waals surface area contributed by atoms with Crippen LogP contribution in [0, 0.1) is 12.8 Å². The summed E-state index contributed by atoms with van der Waals surface area (Å²) < 4.78 is 11.8. The third-order valence-electron chi connectivity index (χ3n) is 7.15. The van der Waals surface area contributed by atoms with Gasteiger partial charge in [0.15, 0.2) is 11.4 Å².